The minimum absolute atomic E-state index is 0. The van der Waals surface area contributed by atoms with Crippen LogP contribution in [0, 0.1) is 10.1 Å². The van der Waals surface area contributed by atoms with Crippen LogP contribution in [0.15, 0.2) is 18.2 Å². The minimum Gasteiger partial charge on any atom is -0.490 e. The predicted molar refractivity (Wildman–Crippen MR) is 69.1 cm³/mol. The summed E-state index contributed by atoms with van der Waals surface area (Å²) >= 11 is 0. The highest BCUT2D eigenvalue weighted by Gasteiger charge is 2.28. The summed E-state index contributed by atoms with van der Waals surface area (Å²) in [6, 6.07) is 2.97. The van der Waals surface area contributed by atoms with E-state index in [4.69, 9.17) is 10.5 Å². The van der Waals surface area contributed by atoms with E-state index < -0.39 is 23.6 Å². The first-order valence-corrected chi connectivity index (χ1v) is 5.39. The zero-order valence-electron chi connectivity index (χ0n) is 10.5. The molecular formula is C11H14ClF3N2O3. The van der Waals surface area contributed by atoms with E-state index in [0.29, 0.717) is 0 Å². The maximum absolute atomic E-state index is 12.1. The van der Waals surface area contributed by atoms with Gasteiger partial charge in [0.05, 0.1) is 12.0 Å². The normalized spacial score (nSPS) is 12.4. The standard InChI is InChI=1S/C11H13F3N2O3.ClH/c1-19-10-3-2-7(6-9(10)16(17)18)8(15)4-5-11(12,13)14;/h2-3,6,8H,4-5,15H2,1H3;1H/t8-;/m0./s1. The van der Waals surface area contributed by atoms with Crippen molar-refractivity contribution in [2.45, 2.75) is 25.1 Å². The molecule has 9 heteroatoms. The second-order valence-electron chi connectivity index (χ2n) is 3.95. The Hall–Kier alpha value is -1.54. The first kappa shape index (κ1) is 18.5. The smallest absolute Gasteiger partial charge is 0.389 e. The Morgan fingerprint density at radius 1 is 1.45 bits per heavy atom. The molecule has 0 saturated heterocycles. The minimum atomic E-state index is -4.30. The van der Waals surface area contributed by atoms with Crippen molar-refractivity contribution in [3.63, 3.8) is 0 Å². The van der Waals surface area contributed by atoms with Gasteiger partial charge >= 0.3 is 11.9 Å². The van der Waals surface area contributed by atoms with Gasteiger partial charge in [0.2, 0.25) is 0 Å². The molecule has 1 rings (SSSR count). The number of hydrogen-bond acceptors (Lipinski definition) is 4. The van der Waals surface area contributed by atoms with Crippen molar-refractivity contribution < 1.29 is 22.8 Å². The quantitative estimate of drug-likeness (QED) is 0.667. The highest BCUT2D eigenvalue weighted by molar-refractivity contribution is 5.85. The van der Waals surface area contributed by atoms with Gasteiger partial charge in [0, 0.05) is 18.5 Å². The molecule has 0 aromatic heterocycles. The van der Waals surface area contributed by atoms with Gasteiger partial charge in [-0.25, -0.2) is 0 Å². The van der Waals surface area contributed by atoms with Crippen LogP contribution in [0.5, 0.6) is 5.75 Å². The number of nitro benzene ring substituents is 1. The molecule has 0 radical (unpaired) electrons. The monoisotopic (exact) mass is 314 g/mol. The van der Waals surface area contributed by atoms with Gasteiger partial charge in [0.25, 0.3) is 0 Å². The van der Waals surface area contributed by atoms with Crippen molar-refractivity contribution in [3.05, 3.63) is 33.9 Å². The van der Waals surface area contributed by atoms with Crippen molar-refractivity contribution in [2.75, 3.05) is 7.11 Å². The van der Waals surface area contributed by atoms with Crippen molar-refractivity contribution in [3.8, 4) is 5.75 Å². The molecule has 1 atom stereocenters. The molecule has 0 aliphatic heterocycles. The number of alkyl halides is 3. The average Bonchev–Trinajstić information content (AvgIpc) is 2.34. The third-order valence-electron chi connectivity index (χ3n) is 2.57. The number of ether oxygens (including phenoxy) is 1. The Balaban J connectivity index is 0.00000361. The van der Waals surface area contributed by atoms with Gasteiger partial charge in [-0.05, 0) is 18.1 Å². The second kappa shape index (κ2) is 7.30. The number of rotatable bonds is 5. The molecule has 0 spiro atoms. The molecule has 1 aromatic rings. The van der Waals surface area contributed by atoms with E-state index in [1.54, 1.807) is 0 Å². The fourth-order valence-corrected chi connectivity index (χ4v) is 1.57. The van der Waals surface area contributed by atoms with Crippen LogP contribution in [0.25, 0.3) is 0 Å². The summed E-state index contributed by atoms with van der Waals surface area (Å²) in [4.78, 5) is 10.1. The number of methoxy groups -OCH3 is 1. The lowest BCUT2D eigenvalue weighted by molar-refractivity contribution is -0.385. The number of nitrogens with zero attached hydrogens (tertiary/aromatic N) is 1. The maximum Gasteiger partial charge on any atom is 0.389 e. The predicted octanol–water partition coefficient (Wildman–Crippen LogP) is 3.37. The third-order valence-corrected chi connectivity index (χ3v) is 2.57. The van der Waals surface area contributed by atoms with Crippen LogP contribution >= 0.6 is 12.4 Å². The zero-order chi connectivity index (χ0) is 14.6. The van der Waals surface area contributed by atoms with E-state index in [0.717, 1.165) is 6.07 Å². The number of nitrogens with two attached hydrogens (primary N) is 1. The summed E-state index contributed by atoms with van der Waals surface area (Å²) in [6.07, 6.45) is -5.66. The number of benzene rings is 1. The van der Waals surface area contributed by atoms with Crippen LogP contribution in [0.4, 0.5) is 18.9 Å². The molecule has 5 nitrogen and oxygen atoms in total. The van der Waals surface area contributed by atoms with Crippen molar-refractivity contribution in [1.82, 2.24) is 0 Å². The van der Waals surface area contributed by atoms with Crippen molar-refractivity contribution >= 4 is 18.1 Å². The Kier molecular flexibility index (Phi) is 6.74. The fraction of sp³-hybridized carbons (Fsp3) is 0.455. The highest BCUT2D eigenvalue weighted by Crippen LogP contribution is 2.32. The van der Waals surface area contributed by atoms with Crippen LogP contribution in [-0.4, -0.2) is 18.2 Å². The lowest BCUT2D eigenvalue weighted by atomic mass is 10.0. The van der Waals surface area contributed by atoms with E-state index >= 15 is 0 Å². The molecule has 0 aliphatic rings. The molecule has 0 amide bonds. The molecule has 0 fully saturated rings. The summed E-state index contributed by atoms with van der Waals surface area (Å²) in [7, 11) is 1.27. The average molecular weight is 315 g/mol. The summed E-state index contributed by atoms with van der Waals surface area (Å²) in [6.45, 7) is 0. The molecule has 114 valence electrons. The summed E-state index contributed by atoms with van der Waals surface area (Å²) in [5.41, 5.74) is 5.56. The number of halogens is 4. The summed E-state index contributed by atoms with van der Waals surface area (Å²) < 4.78 is 41.0. The zero-order valence-corrected chi connectivity index (χ0v) is 11.3. The molecule has 0 unspecified atom stereocenters. The fourth-order valence-electron chi connectivity index (χ4n) is 1.57. The lowest BCUT2D eigenvalue weighted by Gasteiger charge is -2.14. The van der Waals surface area contributed by atoms with E-state index in [9.17, 15) is 23.3 Å². The van der Waals surface area contributed by atoms with Gasteiger partial charge in [0.15, 0.2) is 5.75 Å². The van der Waals surface area contributed by atoms with Gasteiger partial charge in [0.1, 0.15) is 0 Å². The van der Waals surface area contributed by atoms with E-state index in [1.807, 2.05) is 0 Å². The van der Waals surface area contributed by atoms with Crippen LogP contribution in [-0.2, 0) is 0 Å². The number of hydrogen-bond donors (Lipinski definition) is 1. The second-order valence-corrected chi connectivity index (χ2v) is 3.95. The summed E-state index contributed by atoms with van der Waals surface area (Å²) in [5.74, 6) is 0.0387. The van der Waals surface area contributed by atoms with Crippen LogP contribution < -0.4 is 10.5 Å². The van der Waals surface area contributed by atoms with Gasteiger partial charge < -0.3 is 10.5 Å². The number of nitro groups is 1. The largest absolute Gasteiger partial charge is 0.490 e. The lowest BCUT2D eigenvalue weighted by Crippen LogP contribution is -2.16. The Morgan fingerprint density at radius 3 is 2.50 bits per heavy atom. The van der Waals surface area contributed by atoms with E-state index in [2.05, 4.69) is 0 Å². The van der Waals surface area contributed by atoms with Crippen LogP contribution in [0.2, 0.25) is 0 Å². The molecule has 20 heavy (non-hydrogen) atoms. The van der Waals surface area contributed by atoms with Gasteiger partial charge in [-0.15, -0.1) is 12.4 Å². The van der Waals surface area contributed by atoms with E-state index in [-0.39, 0.29) is 35.8 Å². The van der Waals surface area contributed by atoms with Gasteiger partial charge in [-0.1, -0.05) is 6.07 Å². The molecule has 0 heterocycles. The highest BCUT2D eigenvalue weighted by atomic mass is 35.5. The first-order valence-electron chi connectivity index (χ1n) is 5.39. The molecule has 0 saturated carbocycles. The maximum atomic E-state index is 12.1. The van der Waals surface area contributed by atoms with Crippen molar-refractivity contribution in [2.24, 2.45) is 5.73 Å². The summed E-state index contributed by atoms with van der Waals surface area (Å²) in [5, 5.41) is 10.8. The third kappa shape index (κ3) is 5.22. The topological polar surface area (TPSA) is 78.4 Å². The molecular weight excluding hydrogens is 301 g/mol. The first-order chi connectivity index (χ1) is 8.74. The SMILES string of the molecule is COc1ccc([C@@H](N)CCC(F)(F)F)cc1[N+](=O)[O-].Cl. The Bertz CT molecular complexity index is 469. The van der Waals surface area contributed by atoms with Crippen LogP contribution in [0.1, 0.15) is 24.4 Å². The molecule has 0 bridgehead atoms. The van der Waals surface area contributed by atoms with Gasteiger partial charge in [-0.2, -0.15) is 13.2 Å². The van der Waals surface area contributed by atoms with Crippen LogP contribution in [0.3, 0.4) is 0 Å². The van der Waals surface area contributed by atoms with Gasteiger partial charge in [-0.3, -0.25) is 10.1 Å². The van der Waals surface area contributed by atoms with Crippen molar-refractivity contribution in [1.29, 1.82) is 0 Å². The van der Waals surface area contributed by atoms with E-state index in [1.165, 1.54) is 19.2 Å². The Morgan fingerprint density at radius 2 is 2.05 bits per heavy atom. The Labute approximate surface area is 119 Å². The molecule has 1 aromatic carbocycles. The molecule has 2 N–H and O–H groups in total. The molecule has 0 aliphatic carbocycles.